The highest BCUT2D eigenvalue weighted by molar-refractivity contribution is 5.89. The van der Waals surface area contributed by atoms with Gasteiger partial charge in [0.25, 0.3) is 0 Å². The van der Waals surface area contributed by atoms with Gasteiger partial charge in [-0.1, -0.05) is 6.07 Å². The van der Waals surface area contributed by atoms with Gasteiger partial charge in [0.1, 0.15) is 6.29 Å². The van der Waals surface area contributed by atoms with Gasteiger partial charge in [-0.15, -0.1) is 0 Å². The predicted molar refractivity (Wildman–Crippen MR) is 97.7 cm³/mol. The summed E-state index contributed by atoms with van der Waals surface area (Å²) in [5.74, 6) is 0. The van der Waals surface area contributed by atoms with E-state index in [9.17, 15) is 4.79 Å². The lowest BCUT2D eigenvalue weighted by molar-refractivity contribution is 0.193. The average molecular weight is 334 g/mol. The van der Waals surface area contributed by atoms with E-state index in [1.165, 1.54) is 5.56 Å². The lowest BCUT2D eigenvalue weighted by Crippen LogP contribution is -2.67. The zero-order valence-electron chi connectivity index (χ0n) is 14.8. The fourth-order valence-electron chi connectivity index (χ4n) is 2.74. The maximum atomic E-state index is 12.2. The number of carbonyl (C=O) groups is 1. The largest absolute Gasteiger partial charge is 0.330 e. The number of hydrogen-bond acceptors (Lipinski definition) is 5. The molecule has 1 aliphatic rings. The second kappa shape index (κ2) is 8.98. The Hall–Kier alpha value is -1.67. The molecular formula is C17H30N6O. The fraction of sp³-hybridized carbons (Fsp3) is 0.588. The Balaban J connectivity index is 1.84. The minimum atomic E-state index is -0.282. The van der Waals surface area contributed by atoms with Crippen LogP contribution in [0.1, 0.15) is 30.9 Å². The first-order valence-corrected chi connectivity index (χ1v) is 8.58. The van der Waals surface area contributed by atoms with Crippen molar-refractivity contribution >= 4 is 11.7 Å². The van der Waals surface area contributed by atoms with Gasteiger partial charge >= 0.3 is 6.03 Å². The van der Waals surface area contributed by atoms with Gasteiger partial charge in [0, 0.05) is 11.7 Å². The van der Waals surface area contributed by atoms with Gasteiger partial charge in [-0.05, 0) is 70.0 Å². The zero-order chi connectivity index (χ0) is 17.5. The molecule has 1 aromatic carbocycles. The summed E-state index contributed by atoms with van der Waals surface area (Å²) in [6.07, 6.45) is 1.75. The molecular weight excluding hydrogens is 304 g/mol. The molecule has 0 aliphatic carbocycles. The van der Waals surface area contributed by atoms with E-state index in [4.69, 9.17) is 5.73 Å². The monoisotopic (exact) mass is 334 g/mol. The molecule has 7 N–H and O–H groups in total. The number of amides is 2. The molecule has 1 heterocycles. The van der Waals surface area contributed by atoms with Crippen molar-refractivity contribution in [2.24, 2.45) is 5.73 Å². The number of carbonyl (C=O) groups excluding carboxylic acids is 1. The lowest BCUT2D eigenvalue weighted by atomic mass is 10.1. The Morgan fingerprint density at radius 2 is 2.08 bits per heavy atom. The molecule has 0 saturated carbocycles. The highest BCUT2D eigenvalue weighted by atomic mass is 16.2. The molecule has 3 unspecified atom stereocenters. The van der Waals surface area contributed by atoms with E-state index in [1.807, 2.05) is 32.0 Å². The molecule has 0 aromatic heterocycles. The first-order chi connectivity index (χ1) is 11.5. The number of urea groups is 1. The molecule has 0 bridgehead atoms. The summed E-state index contributed by atoms with van der Waals surface area (Å²) in [5.41, 5.74) is 8.67. The molecule has 0 radical (unpaired) electrons. The van der Waals surface area contributed by atoms with Crippen molar-refractivity contribution in [3.8, 4) is 0 Å². The minimum absolute atomic E-state index is 0.153. The highest BCUT2D eigenvalue weighted by Crippen LogP contribution is 2.14. The predicted octanol–water partition coefficient (Wildman–Crippen LogP) is 0.944. The highest BCUT2D eigenvalue weighted by Gasteiger charge is 2.25. The smallest absolute Gasteiger partial charge is 0.321 e. The molecule has 1 fully saturated rings. The van der Waals surface area contributed by atoms with E-state index in [2.05, 4.69) is 33.5 Å². The van der Waals surface area contributed by atoms with Crippen LogP contribution in [-0.4, -0.2) is 37.6 Å². The van der Waals surface area contributed by atoms with Crippen LogP contribution in [0.3, 0.4) is 0 Å². The summed E-state index contributed by atoms with van der Waals surface area (Å²) < 4.78 is 0. The number of nitrogens with two attached hydrogens (primary N) is 1. The molecule has 1 aliphatic heterocycles. The third-order valence-electron chi connectivity index (χ3n) is 4.22. The van der Waals surface area contributed by atoms with Gasteiger partial charge < -0.3 is 21.7 Å². The SMILES string of the molecule is Cc1ccc(NC(=O)NC2NC(C)CC(NCCCN)N2)cc1C. The Kier molecular flexibility index (Phi) is 6.99. The van der Waals surface area contributed by atoms with Crippen molar-refractivity contribution < 1.29 is 4.79 Å². The first-order valence-electron chi connectivity index (χ1n) is 8.58. The summed E-state index contributed by atoms with van der Waals surface area (Å²) in [6.45, 7) is 7.72. The maximum absolute atomic E-state index is 12.2. The molecule has 24 heavy (non-hydrogen) atoms. The first kappa shape index (κ1) is 18.7. The third kappa shape index (κ3) is 5.76. The number of hydrogen-bond donors (Lipinski definition) is 6. The molecule has 0 spiro atoms. The van der Waals surface area contributed by atoms with Gasteiger partial charge in [-0.3, -0.25) is 10.6 Å². The number of nitrogens with one attached hydrogen (secondary N) is 5. The number of aryl methyl sites for hydroxylation is 2. The van der Waals surface area contributed by atoms with Crippen LogP contribution in [0.5, 0.6) is 0 Å². The Bertz CT molecular complexity index is 550. The number of anilines is 1. The number of benzene rings is 1. The van der Waals surface area contributed by atoms with Crippen LogP contribution in [0.4, 0.5) is 10.5 Å². The summed E-state index contributed by atoms with van der Waals surface area (Å²) in [4.78, 5) is 12.2. The van der Waals surface area contributed by atoms with Crippen LogP contribution < -0.4 is 32.3 Å². The minimum Gasteiger partial charge on any atom is -0.330 e. The van der Waals surface area contributed by atoms with Crippen LogP contribution in [0, 0.1) is 13.8 Å². The molecule has 1 saturated heterocycles. The van der Waals surface area contributed by atoms with Crippen LogP contribution in [0.25, 0.3) is 0 Å². The standard InChI is InChI=1S/C17H30N6O/c1-11-5-6-14(9-12(11)2)21-17(24)23-16-20-13(3)10-15(22-16)19-8-4-7-18/h5-6,9,13,15-16,19-20,22H,4,7-8,10,18H2,1-3H3,(H2,21,23,24). The van der Waals surface area contributed by atoms with Crippen molar-refractivity contribution in [1.82, 2.24) is 21.3 Å². The van der Waals surface area contributed by atoms with Crippen molar-refractivity contribution in [2.75, 3.05) is 18.4 Å². The van der Waals surface area contributed by atoms with Crippen LogP contribution in [-0.2, 0) is 0 Å². The van der Waals surface area contributed by atoms with Gasteiger partial charge in [0.2, 0.25) is 0 Å². The van der Waals surface area contributed by atoms with Crippen molar-refractivity contribution in [1.29, 1.82) is 0 Å². The second-order valence-electron chi connectivity index (χ2n) is 6.45. The quantitative estimate of drug-likeness (QED) is 0.435. The van der Waals surface area contributed by atoms with E-state index in [0.717, 1.165) is 30.6 Å². The Morgan fingerprint density at radius 1 is 1.29 bits per heavy atom. The van der Waals surface area contributed by atoms with Crippen LogP contribution in [0.15, 0.2) is 18.2 Å². The van der Waals surface area contributed by atoms with E-state index < -0.39 is 0 Å². The van der Waals surface area contributed by atoms with Crippen molar-refractivity contribution in [3.63, 3.8) is 0 Å². The molecule has 134 valence electrons. The van der Waals surface area contributed by atoms with Gasteiger partial charge in [-0.2, -0.15) is 0 Å². The third-order valence-corrected chi connectivity index (χ3v) is 4.22. The zero-order valence-corrected chi connectivity index (χ0v) is 14.8. The van der Waals surface area contributed by atoms with Crippen molar-refractivity contribution in [3.05, 3.63) is 29.3 Å². The molecule has 1 aromatic rings. The van der Waals surface area contributed by atoms with E-state index in [1.54, 1.807) is 0 Å². The van der Waals surface area contributed by atoms with Crippen molar-refractivity contribution in [2.45, 2.75) is 52.1 Å². The Morgan fingerprint density at radius 3 is 2.79 bits per heavy atom. The Labute approximate surface area is 144 Å². The fourth-order valence-corrected chi connectivity index (χ4v) is 2.74. The molecule has 2 rings (SSSR count). The van der Waals surface area contributed by atoms with E-state index in [-0.39, 0.29) is 18.5 Å². The molecule has 7 heteroatoms. The summed E-state index contributed by atoms with van der Waals surface area (Å²) >= 11 is 0. The van der Waals surface area contributed by atoms with Crippen LogP contribution in [0.2, 0.25) is 0 Å². The number of rotatable bonds is 6. The molecule has 3 atom stereocenters. The summed E-state index contributed by atoms with van der Waals surface area (Å²) in [6, 6.07) is 5.94. The summed E-state index contributed by atoms with van der Waals surface area (Å²) in [5, 5.41) is 15.9. The lowest BCUT2D eigenvalue weighted by Gasteiger charge is -2.36. The van der Waals surface area contributed by atoms with Gasteiger partial charge in [0.05, 0.1) is 6.17 Å². The molecule has 2 amide bonds. The summed E-state index contributed by atoms with van der Waals surface area (Å²) in [7, 11) is 0. The van der Waals surface area contributed by atoms with Gasteiger partial charge in [0.15, 0.2) is 0 Å². The topological polar surface area (TPSA) is 103 Å². The maximum Gasteiger partial charge on any atom is 0.321 e. The molecule has 7 nitrogen and oxygen atoms in total. The van der Waals surface area contributed by atoms with E-state index >= 15 is 0 Å². The van der Waals surface area contributed by atoms with Crippen LogP contribution >= 0.6 is 0 Å². The van der Waals surface area contributed by atoms with E-state index in [0.29, 0.717) is 12.6 Å². The average Bonchev–Trinajstić information content (AvgIpc) is 2.50. The normalized spacial score (nSPS) is 23.8. The van der Waals surface area contributed by atoms with Gasteiger partial charge in [-0.25, -0.2) is 4.79 Å². The second-order valence-corrected chi connectivity index (χ2v) is 6.45.